The Balaban J connectivity index is 2.68. The van der Waals surface area contributed by atoms with Gasteiger partial charge >= 0.3 is 11.9 Å². The molecule has 1 fully saturated rings. The summed E-state index contributed by atoms with van der Waals surface area (Å²) in [6, 6.07) is 0. The van der Waals surface area contributed by atoms with E-state index < -0.39 is 11.8 Å². The molecule has 0 aromatic rings. The molecule has 1 heterocycles. The number of carbonyl (C=O) groups is 2. The number of esters is 2. The van der Waals surface area contributed by atoms with Gasteiger partial charge in [-0.3, -0.25) is 4.79 Å². The van der Waals surface area contributed by atoms with E-state index in [1.807, 2.05) is 6.92 Å². The van der Waals surface area contributed by atoms with Crippen molar-refractivity contribution in [1.82, 2.24) is 0 Å². The van der Waals surface area contributed by atoms with Crippen LogP contribution in [0.3, 0.4) is 0 Å². The smallest absolute Gasteiger partial charge is 0.336 e. The second-order valence-electron chi connectivity index (χ2n) is 3.41. The summed E-state index contributed by atoms with van der Waals surface area (Å²) in [5.41, 5.74) is 0.306. The minimum Gasteiger partial charge on any atom is -0.422 e. The molecule has 1 atom stereocenters. The molecule has 1 rings (SSSR count). The molecule has 0 N–H and O–H groups in total. The van der Waals surface area contributed by atoms with E-state index in [2.05, 4.69) is 6.58 Å². The Morgan fingerprint density at radius 1 is 1.71 bits per heavy atom. The molecule has 78 valence electrons. The van der Waals surface area contributed by atoms with Crippen LogP contribution in [0.15, 0.2) is 12.2 Å². The maximum atomic E-state index is 11.3. The van der Waals surface area contributed by atoms with Gasteiger partial charge in [-0.2, -0.15) is 0 Å². The SMILES string of the molecule is C=C(C)C(=O)OC1(CC)CCC(=O)O1. The molecular formula is C10H14O4. The van der Waals surface area contributed by atoms with Gasteiger partial charge in [0.1, 0.15) is 0 Å². The summed E-state index contributed by atoms with van der Waals surface area (Å²) in [5.74, 6) is -1.88. The van der Waals surface area contributed by atoms with Crippen molar-refractivity contribution < 1.29 is 19.1 Å². The Labute approximate surface area is 82.9 Å². The fraction of sp³-hybridized carbons (Fsp3) is 0.600. The maximum absolute atomic E-state index is 11.3. The van der Waals surface area contributed by atoms with Crippen LogP contribution >= 0.6 is 0 Å². The largest absolute Gasteiger partial charge is 0.422 e. The lowest BCUT2D eigenvalue weighted by atomic mass is 10.1. The predicted octanol–water partition coefficient (Wildman–Crippen LogP) is 1.55. The zero-order chi connectivity index (χ0) is 10.8. The normalized spacial score (nSPS) is 25.7. The zero-order valence-electron chi connectivity index (χ0n) is 8.46. The molecule has 1 aliphatic heterocycles. The number of rotatable bonds is 3. The average molecular weight is 198 g/mol. The molecule has 1 unspecified atom stereocenters. The van der Waals surface area contributed by atoms with Gasteiger partial charge in [-0.25, -0.2) is 4.79 Å². The topological polar surface area (TPSA) is 52.6 Å². The van der Waals surface area contributed by atoms with Gasteiger partial charge in [0.25, 0.3) is 5.79 Å². The molecule has 1 aliphatic rings. The first kappa shape index (κ1) is 10.8. The Bertz CT molecular complexity index is 282. The Morgan fingerprint density at radius 2 is 2.36 bits per heavy atom. The summed E-state index contributed by atoms with van der Waals surface area (Å²) in [6.45, 7) is 6.83. The van der Waals surface area contributed by atoms with Crippen LogP contribution < -0.4 is 0 Å². The van der Waals surface area contributed by atoms with E-state index in [1.54, 1.807) is 6.92 Å². The van der Waals surface area contributed by atoms with Crippen molar-refractivity contribution in [3.63, 3.8) is 0 Å². The first-order valence-corrected chi connectivity index (χ1v) is 4.60. The van der Waals surface area contributed by atoms with E-state index in [-0.39, 0.29) is 5.97 Å². The minimum atomic E-state index is -1.05. The fourth-order valence-corrected chi connectivity index (χ4v) is 1.25. The van der Waals surface area contributed by atoms with Gasteiger partial charge < -0.3 is 9.47 Å². The number of carbonyl (C=O) groups excluding carboxylic acids is 2. The van der Waals surface area contributed by atoms with Crippen LogP contribution in [0.1, 0.15) is 33.1 Å². The zero-order valence-corrected chi connectivity index (χ0v) is 8.46. The number of ether oxygens (including phenoxy) is 2. The van der Waals surface area contributed by atoms with Gasteiger partial charge in [0, 0.05) is 18.4 Å². The van der Waals surface area contributed by atoms with Gasteiger partial charge in [-0.05, 0) is 6.92 Å². The standard InChI is InChI=1S/C10H14O4/c1-4-10(6-5-8(11)13-10)14-9(12)7(2)3/h2,4-6H2,1,3H3. The van der Waals surface area contributed by atoms with Crippen molar-refractivity contribution >= 4 is 11.9 Å². The lowest BCUT2D eigenvalue weighted by molar-refractivity contribution is -0.211. The van der Waals surface area contributed by atoms with E-state index in [9.17, 15) is 9.59 Å². The highest BCUT2D eigenvalue weighted by atomic mass is 16.7. The van der Waals surface area contributed by atoms with Crippen molar-refractivity contribution in [2.45, 2.75) is 38.9 Å². The quantitative estimate of drug-likeness (QED) is 0.510. The number of cyclic esters (lactones) is 1. The molecule has 14 heavy (non-hydrogen) atoms. The van der Waals surface area contributed by atoms with Crippen LogP contribution in [0.25, 0.3) is 0 Å². The van der Waals surface area contributed by atoms with Crippen molar-refractivity contribution in [3.8, 4) is 0 Å². The van der Waals surface area contributed by atoms with Crippen molar-refractivity contribution in [2.24, 2.45) is 0 Å². The summed E-state index contributed by atoms with van der Waals surface area (Å²) in [7, 11) is 0. The third kappa shape index (κ3) is 2.13. The molecule has 0 bridgehead atoms. The van der Waals surface area contributed by atoms with Crippen LogP contribution in [-0.4, -0.2) is 17.7 Å². The second-order valence-corrected chi connectivity index (χ2v) is 3.41. The molecule has 0 aliphatic carbocycles. The van der Waals surface area contributed by atoms with E-state index in [1.165, 1.54) is 0 Å². The summed E-state index contributed by atoms with van der Waals surface area (Å²) < 4.78 is 10.1. The molecule has 0 amide bonds. The third-order valence-corrected chi connectivity index (χ3v) is 2.18. The van der Waals surface area contributed by atoms with Crippen molar-refractivity contribution in [1.29, 1.82) is 0 Å². The van der Waals surface area contributed by atoms with Crippen molar-refractivity contribution in [2.75, 3.05) is 0 Å². The number of hydrogen-bond donors (Lipinski definition) is 0. The van der Waals surface area contributed by atoms with Gasteiger partial charge in [0.05, 0.1) is 6.42 Å². The molecule has 0 aromatic carbocycles. The monoisotopic (exact) mass is 198 g/mol. The van der Waals surface area contributed by atoms with Gasteiger partial charge in [-0.1, -0.05) is 13.5 Å². The Morgan fingerprint density at radius 3 is 2.71 bits per heavy atom. The fourth-order valence-electron chi connectivity index (χ4n) is 1.25. The summed E-state index contributed by atoms with van der Waals surface area (Å²) in [5, 5.41) is 0. The van der Waals surface area contributed by atoms with Gasteiger partial charge in [0.2, 0.25) is 0 Å². The van der Waals surface area contributed by atoms with Crippen LogP contribution in [0.4, 0.5) is 0 Å². The lowest BCUT2D eigenvalue weighted by Crippen LogP contribution is -2.34. The van der Waals surface area contributed by atoms with E-state index >= 15 is 0 Å². The van der Waals surface area contributed by atoms with Crippen LogP contribution in [0, 0.1) is 0 Å². The minimum absolute atomic E-state index is 0.303. The average Bonchev–Trinajstić information content (AvgIpc) is 2.48. The molecule has 4 heteroatoms. The molecule has 1 saturated heterocycles. The summed E-state index contributed by atoms with van der Waals surface area (Å²) >= 11 is 0. The highest BCUT2D eigenvalue weighted by Gasteiger charge is 2.42. The van der Waals surface area contributed by atoms with E-state index in [0.29, 0.717) is 24.8 Å². The van der Waals surface area contributed by atoms with Gasteiger partial charge in [0.15, 0.2) is 0 Å². The second kappa shape index (κ2) is 3.82. The molecule has 0 radical (unpaired) electrons. The Hall–Kier alpha value is -1.32. The first-order valence-electron chi connectivity index (χ1n) is 4.60. The number of hydrogen-bond acceptors (Lipinski definition) is 4. The van der Waals surface area contributed by atoms with Crippen LogP contribution in [0.5, 0.6) is 0 Å². The summed E-state index contributed by atoms with van der Waals surface area (Å²) in [4.78, 5) is 22.2. The molecule has 0 saturated carbocycles. The summed E-state index contributed by atoms with van der Waals surface area (Å²) in [6.07, 6.45) is 1.20. The highest BCUT2D eigenvalue weighted by Crippen LogP contribution is 2.31. The van der Waals surface area contributed by atoms with E-state index in [0.717, 1.165) is 0 Å². The van der Waals surface area contributed by atoms with Crippen molar-refractivity contribution in [3.05, 3.63) is 12.2 Å². The van der Waals surface area contributed by atoms with Gasteiger partial charge in [-0.15, -0.1) is 0 Å². The maximum Gasteiger partial charge on any atom is 0.336 e. The highest BCUT2D eigenvalue weighted by molar-refractivity contribution is 5.87. The van der Waals surface area contributed by atoms with E-state index in [4.69, 9.17) is 9.47 Å². The predicted molar refractivity (Wildman–Crippen MR) is 49.3 cm³/mol. The Kier molecular flexibility index (Phi) is 2.93. The molecule has 4 nitrogen and oxygen atoms in total. The first-order chi connectivity index (χ1) is 6.49. The molecule has 0 aromatic heterocycles. The molecular weight excluding hydrogens is 184 g/mol. The lowest BCUT2D eigenvalue weighted by Gasteiger charge is -2.25. The third-order valence-electron chi connectivity index (χ3n) is 2.18. The molecule has 0 spiro atoms. The van der Waals surface area contributed by atoms with Crippen LogP contribution in [0.2, 0.25) is 0 Å². The van der Waals surface area contributed by atoms with Crippen LogP contribution in [-0.2, 0) is 19.1 Å².